The van der Waals surface area contributed by atoms with Gasteiger partial charge in [0.1, 0.15) is 5.60 Å². The van der Waals surface area contributed by atoms with Crippen molar-refractivity contribution in [3.8, 4) is 11.3 Å². The van der Waals surface area contributed by atoms with Crippen molar-refractivity contribution >= 4 is 5.97 Å². The Morgan fingerprint density at radius 2 is 1.96 bits per heavy atom. The van der Waals surface area contributed by atoms with Gasteiger partial charge in [-0.25, -0.2) is 0 Å². The number of hydrogen-bond acceptors (Lipinski definition) is 3. The van der Waals surface area contributed by atoms with Crippen LogP contribution in [-0.2, 0) is 16.1 Å². The molecule has 0 radical (unpaired) electrons. The number of aromatic nitrogens is 2. The highest BCUT2D eigenvalue weighted by molar-refractivity contribution is 5.78. The number of esters is 1. The summed E-state index contributed by atoms with van der Waals surface area (Å²) >= 11 is 0. The number of carbonyl (C=O) groups excluding carboxylic acids is 1. The van der Waals surface area contributed by atoms with E-state index in [0.717, 1.165) is 24.2 Å². The largest absolute Gasteiger partial charge is 0.460 e. The number of ether oxygens (including phenoxy) is 1. The molecule has 1 aliphatic carbocycles. The predicted octanol–water partition coefficient (Wildman–Crippen LogP) is 4.02. The van der Waals surface area contributed by atoms with Crippen LogP contribution in [0.3, 0.4) is 0 Å². The Morgan fingerprint density at radius 1 is 1.26 bits per heavy atom. The average molecular weight is 312 g/mol. The van der Waals surface area contributed by atoms with Crippen LogP contribution in [0.25, 0.3) is 11.3 Å². The Kier molecular flexibility index (Phi) is 4.00. The zero-order valence-electron chi connectivity index (χ0n) is 14.2. The van der Waals surface area contributed by atoms with Crippen LogP contribution in [0.15, 0.2) is 36.5 Å². The summed E-state index contributed by atoms with van der Waals surface area (Å²) in [4.78, 5) is 12.1. The second-order valence-electron chi connectivity index (χ2n) is 7.16. The van der Waals surface area contributed by atoms with Gasteiger partial charge in [-0.15, -0.1) is 0 Å². The first-order valence-electron chi connectivity index (χ1n) is 8.24. The summed E-state index contributed by atoms with van der Waals surface area (Å²) in [5.41, 5.74) is 2.89. The van der Waals surface area contributed by atoms with Crippen molar-refractivity contribution in [2.75, 3.05) is 0 Å². The topological polar surface area (TPSA) is 44.1 Å². The van der Waals surface area contributed by atoms with Crippen LogP contribution in [0.5, 0.6) is 0 Å². The number of aryl methyl sites for hydroxylation is 1. The molecule has 3 rings (SSSR count). The molecule has 23 heavy (non-hydrogen) atoms. The van der Waals surface area contributed by atoms with Gasteiger partial charge in [0.05, 0.1) is 11.6 Å². The highest BCUT2D eigenvalue weighted by atomic mass is 16.6. The molecular weight excluding hydrogens is 288 g/mol. The maximum Gasteiger partial charge on any atom is 0.310 e. The van der Waals surface area contributed by atoms with E-state index in [4.69, 9.17) is 4.74 Å². The summed E-state index contributed by atoms with van der Waals surface area (Å²) in [5, 5.41) is 4.52. The van der Waals surface area contributed by atoms with Gasteiger partial charge in [-0.05, 0) is 51.7 Å². The molecule has 4 heteroatoms. The molecule has 122 valence electrons. The van der Waals surface area contributed by atoms with Crippen LogP contribution in [0.1, 0.15) is 45.6 Å². The minimum absolute atomic E-state index is 0.0133. The lowest BCUT2D eigenvalue weighted by Gasteiger charge is -2.19. The second kappa shape index (κ2) is 5.84. The average Bonchev–Trinajstić information content (AvgIpc) is 3.16. The van der Waals surface area contributed by atoms with Crippen LogP contribution in [0.2, 0.25) is 0 Å². The van der Waals surface area contributed by atoms with Crippen LogP contribution < -0.4 is 0 Å². The smallest absolute Gasteiger partial charge is 0.310 e. The molecule has 1 aromatic heterocycles. The first kappa shape index (κ1) is 15.8. The van der Waals surface area contributed by atoms with E-state index < -0.39 is 5.60 Å². The molecule has 0 aliphatic heterocycles. The van der Waals surface area contributed by atoms with Crippen LogP contribution in [-0.4, -0.2) is 21.4 Å². The molecular formula is C19H24N2O2. The van der Waals surface area contributed by atoms with Crippen LogP contribution >= 0.6 is 0 Å². The molecule has 2 unspecified atom stereocenters. The SMILES string of the molecule is CCn1ccc(-c2ccc(C3CC3C(=O)OC(C)(C)C)cc2)n1. The fraction of sp³-hybridized carbons (Fsp3) is 0.474. The van der Waals surface area contributed by atoms with E-state index in [9.17, 15) is 4.79 Å². The molecule has 2 aromatic rings. The van der Waals surface area contributed by atoms with Crippen molar-refractivity contribution in [2.24, 2.45) is 5.92 Å². The van der Waals surface area contributed by atoms with Gasteiger partial charge in [0.15, 0.2) is 0 Å². The third-order valence-corrected chi connectivity index (χ3v) is 4.10. The summed E-state index contributed by atoms with van der Waals surface area (Å²) in [6.45, 7) is 8.67. The maximum absolute atomic E-state index is 12.1. The number of hydrogen-bond donors (Lipinski definition) is 0. The summed E-state index contributed by atoms with van der Waals surface area (Å²) in [6.07, 6.45) is 2.88. The van der Waals surface area contributed by atoms with Gasteiger partial charge < -0.3 is 4.74 Å². The Balaban J connectivity index is 1.66. The van der Waals surface area contributed by atoms with Crippen molar-refractivity contribution < 1.29 is 9.53 Å². The lowest BCUT2D eigenvalue weighted by Crippen LogP contribution is -2.25. The van der Waals surface area contributed by atoms with Gasteiger partial charge in [0.2, 0.25) is 0 Å². The minimum atomic E-state index is -0.411. The van der Waals surface area contributed by atoms with Crippen molar-refractivity contribution in [1.82, 2.24) is 9.78 Å². The number of rotatable bonds is 4. The Bertz CT molecular complexity index is 695. The van der Waals surface area contributed by atoms with Gasteiger partial charge in [-0.1, -0.05) is 24.3 Å². The standard InChI is InChI=1S/C19H24N2O2/c1-5-21-11-10-17(20-21)14-8-6-13(7-9-14)15-12-16(15)18(22)23-19(2,3)4/h6-11,15-16H,5,12H2,1-4H3. The zero-order valence-corrected chi connectivity index (χ0v) is 14.2. The van der Waals surface area contributed by atoms with Crippen molar-refractivity contribution in [2.45, 2.75) is 52.2 Å². The Hall–Kier alpha value is -2.10. The van der Waals surface area contributed by atoms with Gasteiger partial charge in [0, 0.05) is 18.3 Å². The summed E-state index contributed by atoms with van der Waals surface area (Å²) < 4.78 is 7.39. The molecule has 0 saturated heterocycles. The van der Waals surface area contributed by atoms with Gasteiger partial charge in [-0.3, -0.25) is 9.48 Å². The van der Waals surface area contributed by atoms with Gasteiger partial charge in [-0.2, -0.15) is 5.10 Å². The number of nitrogens with zero attached hydrogens (tertiary/aromatic N) is 2. The molecule has 0 bridgehead atoms. The van der Waals surface area contributed by atoms with Crippen LogP contribution in [0, 0.1) is 5.92 Å². The third kappa shape index (κ3) is 3.63. The highest BCUT2D eigenvalue weighted by Crippen LogP contribution is 2.48. The van der Waals surface area contributed by atoms with E-state index in [1.807, 2.05) is 37.7 Å². The van der Waals surface area contributed by atoms with E-state index in [0.29, 0.717) is 5.92 Å². The number of benzene rings is 1. The molecule has 0 amide bonds. The van der Waals surface area contributed by atoms with Crippen molar-refractivity contribution in [3.05, 3.63) is 42.1 Å². The van der Waals surface area contributed by atoms with E-state index >= 15 is 0 Å². The zero-order chi connectivity index (χ0) is 16.6. The normalized spacial score (nSPS) is 20.3. The summed E-state index contributed by atoms with van der Waals surface area (Å²) in [6, 6.07) is 10.4. The molecule has 2 atom stereocenters. The quantitative estimate of drug-likeness (QED) is 0.801. The summed E-state index contributed by atoms with van der Waals surface area (Å²) in [7, 11) is 0. The predicted molar refractivity (Wildman–Crippen MR) is 90.0 cm³/mol. The monoisotopic (exact) mass is 312 g/mol. The van der Waals surface area contributed by atoms with E-state index in [-0.39, 0.29) is 11.9 Å². The lowest BCUT2D eigenvalue weighted by molar-refractivity contribution is -0.156. The van der Waals surface area contributed by atoms with Crippen LogP contribution in [0.4, 0.5) is 0 Å². The van der Waals surface area contributed by atoms with E-state index in [1.54, 1.807) is 0 Å². The second-order valence-corrected chi connectivity index (χ2v) is 7.16. The van der Waals surface area contributed by atoms with Crippen molar-refractivity contribution in [1.29, 1.82) is 0 Å². The Labute approximate surface area is 137 Å². The molecule has 0 N–H and O–H groups in total. The number of carbonyl (C=O) groups is 1. The van der Waals surface area contributed by atoms with E-state index in [1.165, 1.54) is 5.56 Å². The summed E-state index contributed by atoms with van der Waals surface area (Å²) in [5.74, 6) is 0.236. The Morgan fingerprint density at radius 3 is 2.52 bits per heavy atom. The molecule has 0 spiro atoms. The maximum atomic E-state index is 12.1. The first-order chi connectivity index (χ1) is 10.9. The molecule has 1 aliphatic rings. The first-order valence-corrected chi connectivity index (χ1v) is 8.24. The van der Waals surface area contributed by atoms with E-state index in [2.05, 4.69) is 36.3 Å². The lowest BCUT2D eigenvalue weighted by atomic mass is 10.1. The molecule has 4 nitrogen and oxygen atoms in total. The fourth-order valence-electron chi connectivity index (χ4n) is 2.79. The third-order valence-electron chi connectivity index (χ3n) is 4.10. The molecule has 1 heterocycles. The molecule has 1 aromatic carbocycles. The highest BCUT2D eigenvalue weighted by Gasteiger charge is 2.46. The van der Waals surface area contributed by atoms with Gasteiger partial charge in [0.25, 0.3) is 0 Å². The minimum Gasteiger partial charge on any atom is -0.460 e. The molecule has 1 saturated carbocycles. The van der Waals surface area contributed by atoms with Gasteiger partial charge >= 0.3 is 5.97 Å². The molecule has 1 fully saturated rings. The van der Waals surface area contributed by atoms with Crippen molar-refractivity contribution in [3.63, 3.8) is 0 Å². The fourth-order valence-corrected chi connectivity index (χ4v) is 2.79.